The number of nitrogens with zero attached hydrogens (tertiary/aromatic N) is 3. The highest BCUT2D eigenvalue weighted by atomic mass is 19.1. The zero-order valence-electron chi connectivity index (χ0n) is 12.9. The molecule has 2 aliphatic heterocycles. The number of rotatable bonds is 3. The maximum absolute atomic E-state index is 14.6. The Hall–Kier alpha value is -1.63. The van der Waals surface area contributed by atoms with E-state index < -0.39 is 12.1 Å². The molecular formula is C15H23FN4O2. The number of nitrogens with two attached hydrogens (primary N) is 1. The fourth-order valence-electron chi connectivity index (χ4n) is 3.53. The fraction of sp³-hybridized carbons (Fsp3) is 0.733. The summed E-state index contributed by atoms with van der Waals surface area (Å²) < 4.78 is 19.9. The van der Waals surface area contributed by atoms with Crippen LogP contribution in [0.25, 0.3) is 0 Å². The molecule has 0 saturated carbocycles. The predicted molar refractivity (Wildman–Crippen MR) is 80.5 cm³/mol. The molecule has 122 valence electrons. The van der Waals surface area contributed by atoms with Crippen LogP contribution in [0.5, 0.6) is 0 Å². The third kappa shape index (κ3) is 3.09. The molecule has 1 amide bonds. The molecule has 0 aromatic carbocycles. The lowest BCUT2D eigenvalue weighted by Gasteiger charge is -2.43. The molecule has 0 spiro atoms. The van der Waals surface area contributed by atoms with Crippen molar-refractivity contribution in [3.05, 3.63) is 12.0 Å². The first kappa shape index (κ1) is 15.3. The van der Waals surface area contributed by atoms with Crippen molar-refractivity contribution in [1.82, 2.24) is 9.88 Å². The Kier molecular flexibility index (Phi) is 4.33. The van der Waals surface area contributed by atoms with Gasteiger partial charge in [-0.05, 0) is 31.7 Å². The lowest BCUT2D eigenvalue weighted by atomic mass is 9.94. The first-order valence-electron chi connectivity index (χ1n) is 7.93. The number of piperidine rings is 2. The molecule has 0 bridgehead atoms. The number of alkyl halides is 1. The van der Waals surface area contributed by atoms with Crippen LogP contribution < -0.4 is 10.6 Å². The predicted octanol–water partition coefficient (Wildman–Crippen LogP) is 1.42. The summed E-state index contributed by atoms with van der Waals surface area (Å²) in [6.07, 6.45) is 3.41. The number of hydrogen-bond donors (Lipinski definition) is 1. The van der Waals surface area contributed by atoms with Crippen molar-refractivity contribution in [2.24, 2.45) is 11.7 Å². The number of amides is 1. The van der Waals surface area contributed by atoms with Crippen molar-refractivity contribution in [2.45, 2.75) is 38.4 Å². The van der Waals surface area contributed by atoms with E-state index in [9.17, 15) is 9.18 Å². The molecule has 1 aromatic heterocycles. The van der Waals surface area contributed by atoms with Gasteiger partial charge in [0.05, 0.1) is 6.54 Å². The van der Waals surface area contributed by atoms with Gasteiger partial charge in [-0.25, -0.2) is 4.39 Å². The summed E-state index contributed by atoms with van der Waals surface area (Å²) in [5, 5.41) is 0. The lowest BCUT2D eigenvalue weighted by molar-refractivity contribution is 0.0586. The number of aromatic nitrogens is 1. The highest BCUT2D eigenvalue weighted by molar-refractivity contribution is 5.90. The second-order valence-electron chi connectivity index (χ2n) is 6.44. The Labute approximate surface area is 129 Å². The highest BCUT2D eigenvalue weighted by Crippen LogP contribution is 2.27. The molecular weight excluding hydrogens is 287 g/mol. The summed E-state index contributed by atoms with van der Waals surface area (Å²) in [5.74, 6) is 0.00725. The molecule has 22 heavy (non-hydrogen) atoms. The number of halogens is 1. The van der Waals surface area contributed by atoms with E-state index in [0.717, 1.165) is 25.9 Å². The second-order valence-corrected chi connectivity index (χ2v) is 6.44. The first-order valence-corrected chi connectivity index (χ1v) is 7.93. The number of hydrogen-bond acceptors (Lipinski definition) is 5. The summed E-state index contributed by atoms with van der Waals surface area (Å²) in [7, 11) is 0. The van der Waals surface area contributed by atoms with Crippen LogP contribution in [0.2, 0.25) is 0 Å². The van der Waals surface area contributed by atoms with Crippen molar-refractivity contribution in [1.29, 1.82) is 0 Å². The van der Waals surface area contributed by atoms with E-state index >= 15 is 0 Å². The average Bonchev–Trinajstić information content (AvgIpc) is 2.97. The SMILES string of the molecule is C[C@@H]1CCCN(C2CCN(c3nc(C(N)=O)co3)CC2F)C1. The van der Waals surface area contributed by atoms with Crippen LogP contribution in [-0.2, 0) is 0 Å². The Morgan fingerprint density at radius 3 is 2.86 bits per heavy atom. The summed E-state index contributed by atoms with van der Waals surface area (Å²) in [5.41, 5.74) is 5.24. The number of likely N-dealkylation sites (tertiary alicyclic amines) is 1. The van der Waals surface area contributed by atoms with Crippen molar-refractivity contribution >= 4 is 11.9 Å². The number of anilines is 1. The van der Waals surface area contributed by atoms with Gasteiger partial charge in [0.25, 0.3) is 11.9 Å². The minimum atomic E-state index is -0.942. The van der Waals surface area contributed by atoms with Crippen LogP contribution in [0, 0.1) is 5.92 Å². The molecule has 2 fully saturated rings. The smallest absolute Gasteiger partial charge is 0.298 e. The third-order valence-corrected chi connectivity index (χ3v) is 4.68. The van der Waals surface area contributed by atoms with Crippen molar-refractivity contribution in [2.75, 3.05) is 31.1 Å². The van der Waals surface area contributed by atoms with E-state index in [0.29, 0.717) is 12.5 Å². The minimum Gasteiger partial charge on any atom is -0.431 e. The lowest BCUT2D eigenvalue weighted by Crippen LogP contribution is -2.54. The number of carbonyl (C=O) groups excluding carboxylic acids is 1. The largest absolute Gasteiger partial charge is 0.431 e. The van der Waals surface area contributed by atoms with Gasteiger partial charge >= 0.3 is 0 Å². The Morgan fingerprint density at radius 2 is 2.23 bits per heavy atom. The molecule has 6 nitrogen and oxygen atoms in total. The van der Waals surface area contributed by atoms with E-state index in [2.05, 4.69) is 16.8 Å². The number of oxazole rings is 1. The van der Waals surface area contributed by atoms with Crippen molar-refractivity contribution in [3.8, 4) is 0 Å². The quantitative estimate of drug-likeness (QED) is 0.914. The third-order valence-electron chi connectivity index (χ3n) is 4.68. The van der Waals surface area contributed by atoms with Gasteiger partial charge in [0.2, 0.25) is 0 Å². The van der Waals surface area contributed by atoms with Crippen molar-refractivity contribution in [3.63, 3.8) is 0 Å². The molecule has 2 saturated heterocycles. The molecule has 7 heteroatoms. The summed E-state index contributed by atoms with van der Waals surface area (Å²) in [6.45, 7) is 5.12. The maximum Gasteiger partial charge on any atom is 0.298 e. The molecule has 0 aliphatic carbocycles. The van der Waals surface area contributed by atoms with Gasteiger partial charge < -0.3 is 15.1 Å². The van der Waals surface area contributed by atoms with Gasteiger partial charge in [-0.3, -0.25) is 9.69 Å². The van der Waals surface area contributed by atoms with Crippen LogP contribution >= 0.6 is 0 Å². The molecule has 0 radical (unpaired) electrons. The number of carbonyl (C=O) groups is 1. The molecule has 3 heterocycles. The zero-order valence-corrected chi connectivity index (χ0v) is 12.9. The van der Waals surface area contributed by atoms with E-state index in [-0.39, 0.29) is 24.3 Å². The van der Waals surface area contributed by atoms with Gasteiger partial charge in [0.1, 0.15) is 12.4 Å². The Balaban J connectivity index is 1.62. The normalized spacial score (nSPS) is 30.5. The van der Waals surface area contributed by atoms with Crippen LogP contribution in [0.4, 0.5) is 10.4 Å². The zero-order chi connectivity index (χ0) is 15.7. The fourth-order valence-corrected chi connectivity index (χ4v) is 3.53. The Bertz CT molecular complexity index is 535. The Morgan fingerprint density at radius 1 is 1.41 bits per heavy atom. The van der Waals surface area contributed by atoms with Crippen LogP contribution in [0.1, 0.15) is 36.7 Å². The number of primary amides is 1. The van der Waals surface area contributed by atoms with Crippen molar-refractivity contribution < 1.29 is 13.6 Å². The van der Waals surface area contributed by atoms with Gasteiger partial charge in [0, 0.05) is 19.1 Å². The maximum atomic E-state index is 14.6. The average molecular weight is 310 g/mol. The van der Waals surface area contributed by atoms with Gasteiger partial charge in [-0.1, -0.05) is 6.92 Å². The van der Waals surface area contributed by atoms with Crippen LogP contribution in [0.15, 0.2) is 10.7 Å². The van der Waals surface area contributed by atoms with E-state index in [4.69, 9.17) is 10.2 Å². The monoisotopic (exact) mass is 310 g/mol. The molecule has 2 aliphatic rings. The van der Waals surface area contributed by atoms with Gasteiger partial charge in [-0.15, -0.1) is 0 Å². The first-order chi connectivity index (χ1) is 10.5. The van der Waals surface area contributed by atoms with Gasteiger partial charge in [0.15, 0.2) is 5.69 Å². The second kappa shape index (κ2) is 6.24. The van der Waals surface area contributed by atoms with E-state index in [1.54, 1.807) is 4.90 Å². The molecule has 3 atom stereocenters. The minimum absolute atomic E-state index is 0.0235. The van der Waals surface area contributed by atoms with E-state index in [1.807, 2.05) is 0 Å². The highest BCUT2D eigenvalue weighted by Gasteiger charge is 2.36. The summed E-state index contributed by atoms with van der Waals surface area (Å²) in [6, 6.07) is 0.256. The molecule has 2 unspecified atom stereocenters. The summed E-state index contributed by atoms with van der Waals surface area (Å²) >= 11 is 0. The standard InChI is InChI=1S/C15H23FN4O2/c1-10-3-2-5-19(7-10)13-4-6-20(8-11(13)16)15-18-12(9-22-15)14(17)21/h9-11,13H,2-8H2,1H3,(H2,17,21)/t10-,11?,13?/m1/s1. The van der Waals surface area contributed by atoms with Crippen LogP contribution in [0.3, 0.4) is 0 Å². The topological polar surface area (TPSA) is 75.6 Å². The summed E-state index contributed by atoms with van der Waals surface area (Å²) in [4.78, 5) is 19.1. The van der Waals surface area contributed by atoms with Gasteiger partial charge in [-0.2, -0.15) is 4.98 Å². The molecule has 3 rings (SSSR count). The van der Waals surface area contributed by atoms with Crippen LogP contribution in [-0.4, -0.2) is 54.2 Å². The van der Waals surface area contributed by atoms with E-state index in [1.165, 1.54) is 12.7 Å². The molecule has 2 N–H and O–H groups in total. The molecule has 1 aromatic rings.